The molecule has 1 fully saturated rings. The van der Waals surface area contributed by atoms with Crippen molar-refractivity contribution in [1.82, 2.24) is 19.8 Å². The number of aromatic nitrogens is 2. The normalized spacial score (nSPS) is 15.8. The lowest BCUT2D eigenvalue weighted by atomic mass is 10.1. The molecule has 1 unspecified atom stereocenters. The summed E-state index contributed by atoms with van der Waals surface area (Å²) in [7, 11) is 0. The topological polar surface area (TPSA) is 76.7 Å². The van der Waals surface area contributed by atoms with Crippen molar-refractivity contribution in [2.45, 2.75) is 19.7 Å². The monoisotopic (exact) mass is 527 g/mol. The second-order valence-corrected chi connectivity index (χ2v) is 10.8. The molecule has 3 N–H and O–H groups in total. The molecule has 38 heavy (non-hydrogen) atoms. The van der Waals surface area contributed by atoms with Crippen LogP contribution in [0, 0.1) is 0 Å². The highest BCUT2D eigenvalue weighted by atomic mass is 32.1. The number of piperazine rings is 1. The summed E-state index contributed by atoms with van der Waals surface area (Å²) in [6.07, 6.45) is 3.89. The zero-order chi connectivity index (χ0) is 25.9. The molecule has 1 saturated heterocycles. The van der Waals surface area contributed by atoms with Gasteiger partial charge in [0, 0.05) is 66.6 Å². The van der Waals surface area contributed by atoms with Gasteiger partial charge in [0.05, 0.1) is 29.1 Å². The molecule has 0 bridgehead atoms. The first-order valence-corrected chi connectivity index (χ1v) is 14.0. The third-order valence-electron chi connectivity index (χ3n) is 7.26. The fourth-order valence-corrected chi connectivity index (χ4v) is 6.20. The Bertz CT molecular complexity index is 1500. The molecule has 1 aliphatic rings. The van der Waals surface area contributed by atoms with E-state index in [1.807, 2.05) is 18.5 Å². The quantitative estimate of drug-likeness (QED) is 0.230. The average Bonchev–Trinajstić information content (AvgIpc) is 3.60. The Balaban J connectivity index is 1.11. The summed E-state index contributed by atoms with van der Waals surface area (Å²) in [6, 6.07) is 21.6. The van der Waals surface area contributed by atoms with E-state index in [0.717, 1.165) is 59.8 Å². The van der Waals surface area contributed by atoms with Crippen LogP contribution in [-0.4, -0.2) is 70.5 Å². The summed E-state index contributed by atoms with van der Waals surface area (Å²) in [5, 5.41) is 13.8. The van der Waals surface area contributed by atoms with Crippen molar-refractivity contribution in [3.63, 3.8) is 0 Å². The van der Waals surface area contributed by atoms with Crippen LogP contribution < -0.4 is 5.32 Å². The number of nitrogens with one attached hydrogen (secondary N) is 2. The van der Waals surface area contributed by atoms with Crippen molar-refractivity contribution < 1.29 is 9.84 Å². The number of aromatic amines is 1. The first-order chi connectivity index (χ1) is 18.7. The minimum Gasteiger partial charge on any atom is -0.394 e. The maximum atomic E-state index is 8.98. The Morgan fingerprint density at radius 2 is 1.89 bits per heavy atom. The fourth-order valence-electron chi connectivity index (χ4n) is 5.11. The zero-order valence-electron chi connectivity index (χ0n) is 21.6. The number of rotatable bonds is 9. The number of nitrogens with zero attached hydrogens (tertiary/aromatic N) is 3. The first-order valence-electron chi connectivity index (χ1n) is 13.2. The molecular weight excluding hydrogens is 494 g/mol. The highest BCUT2D eigenvalue weighted by Gasteiger charge is 2.21. The summed E-state index contributed by atoms with van der Waals surface area (Å²) in [5.41, 5.74) is 6.84. The average molecular weight is 528 g/mol. The van der Waals surface area contributed by atoms with E-state index in [1.165, 1.54) is 21.4 Å². The molecule has 2 aromatic carbocycles. The number of H-pyrrole nitrogens is 1. The molecular formula is C30H33N5O2S. The van der Waals surface area contributed by atoms with Gasteiger partial charge in [-0.05, 0) is 54.4 Å². The number of hydrogen-bond donors (Lipinski definition) is 3. The summed E-state index contributed by atoms with van der Waals surface area (Å²) in [6.45, 7) is 7.48. The van der Waals surface area contributed by atoms with Crippen molar-refractivity contribution in [2.75, 3.05) is 44.7 Å². The van der Waals surface area contributed by atoms with E-state index in [4.69, 9.17) is 9.84 Å². The second-order valence-electron chi connectivity index (χ2n) is 9.79. The summed E-state index contributed by atoms with van der Waals surface area (Å²) < 4.78 is 6.82. The SMILES string of the molecule is CC(OCCO)N1CCN(Cc2ccc(-c3cc4nccc(Nc5ccc6[nH]ccc6c5)c4s3)cc2)CC1. The minimum atomic E-state index is 0.0537. The van der Waals surface area contributed by atoms with Gasteiger partial charge in [0.2, 0.25) is 0 Å². The molecule has 8 heteroatoms. The highest BCUT2D eigenvalue weighted by Crippen LogP contribution is 2.38. The Morgan fingerprint density at radius 1 is 1.05 bits per heavy atom. The molecule has 1 atom stereocenters. The van der Waals surface area contributed by atoms with Crippen LogP contribution >= 0.6 is 11.3 Å². The summed E-state index contributed by atoms with van der Waals surface area (Å²) in [4.78, 5) is 13.9. The number of aliphatic hydroxyl groups excluding tert-OH is 1. The number of fused-ring (bicyclic) bond motifs is 2. The molecule has 0 saturated carbocycles. The molecule has 1 aliphatic heterocycles. The van der Waals surface area contributed by atoms with Gasteiger partial charge in [-0.15, -0.1) is 11.3 Å². The van der Waals surface area contributed by atoms with Gasteiger partial charge in [0.1, 0.15) is 6.23 Å². The Kier molecular flexibility index (Phi) is 7.40. The summed E-state index contributed by atoms with van der Waals surface area (Å²) >= 11 is 1.78. The molecule has 4 heterocycles. The van der Waals surface area contributed by atoms with Gasteiger partial charge < -0.3 is 20.1 Å². The Morgan fingerprint density at radius 3 is 2.71 bits per heavy atom. The molecule has 6 rings (SSSR count). The van der Waals surface area contributed by atoms with Gasteiger partial charge in [-0.2, -0.15) is 0 Å². The predicted octanol–water partition coefficient (Wildman–Crippen LogP) is 5.66. The van der Waals surface area contributed by atoms with E-state index in [9.17, 15) is 0 Å². The standard InChI is InChI=1S/C30H33N5O2S/c1-21(37-17-16-36)35-14-12-34(13-15-35)20-22-2-4-23(5-3-22)29-19-28-30(38-29)27(9-11-32-28)33-25-6-7-26-24(18-25)8-10-31-26/h2-11,18-19,21,31,36H,12-17,20H2,1H3,(H,32,33). The van der Waals surface area contributed by atoms with Gasteiger partial charge in [-0.1, -0.05) is 24.3 Å². The van der Waals surface area contributed by atoms with Gasteiger partial charge in [-0.3, -0.25) is 14.8 Å². The number of ether oxygens (including phenoxy) is 1. The van der Waals surface area contributed by atoms with Gasteiger partial charge in [0.15, 0.2) is 0 Å². The number of thiophene rings is 1. The number of hydrogen-bond acceptors (Lipinski definition) is 7. The molecule has 3 aromatic heterocycles. The van der Waals surface area contributed by atoms with Crippen molar-refractivity contribution in [3.8, 4) is 10.4 Å². The van der Waals surface area contributed by atoms with E-state index >= 15 is 0 Å². The number of aliphatic hydroxyl groups is 1. The second kappa shape index (κ2) is 11.2. The molecule has 5 aromatic rings. The number of anilines is 2. The van der Waals surface area contributed by atoms with E-state index < -0.39 is 0 Å². The molecule has 0 radical (unpaired) electrons. The van der Waals surface area contributed by atoms with Crippen LogP contribution in [0.1, 0.15) is 12.5 Å². The predicted molar refractivity (Wildman–Crippen MR) is 156 cm³/mol. The lowest BCUT2D eigenvalue weighted by Crippen LogP contribution is -2.50. The van der Waals surface area contributed by atoms with Crippen LogP contribution in [0.2, 0.25) is 0 Å². The Labute approximate surface area is 226 Å². The fraction of sp³-hybridized carbons (Fsp3) is 0.300. The Hall–Kier alpha value is -3.27. The largest absolute Gasteiger partial charge is 0.394 e. The smallest absolute Gasteiger partial charge is 0.107 e. The highest BCUT2D eigenvalue weighted by molar-refractivity contribution is 7.22. The van der Waals surface area contributed by atoms with Crippen molar-refractivity contribution in [3.05, 3.63) is 78.6 Å². The molecule has 196 valence electrons. The van der Waals surface area contributed by atoms with E-state index in [-0.39, 0.29) is 12.8 Å². The lowest BCUT2D eigenvalue weighted by molar-refractivity contribution is -0.0739. The molecule has 0 spiro atoms. The van der Waals surface area contributed by atoms with Crippen LogP contribution in [-0.2, 0) is 11.3 Å². The van der Waals surface area contributed by atoms with E-state index in [0.29, 0.717) is 6.61 Å². The third kappa shape index (κ3) is 5.45. The van der Waals surface area contributed by atoms with Crippen LogP contribution in [0.5, 0.6) is 0 Å². The van der Waals surface area contributed by atoms with Crippen molar-refractivity contribution in [2.24, 2.45) is 0 Å². The molecule has 7 nitrogen and oxygen atoms in total. The van der Waals surface area contributed by atoms with Gasteiger partial charge in [0.25, 0.3) is 0 Å². The number of benzene rings is 2. The molecule has 0 amide bonds. The van der Waals surface area contributed by atoms with Crippen LogP contribution in [0.3, 0.4) is 0 Å². The van der Waals surface area contributed by atoms with Crippen molar-refractivity contribution >= 4 is 43.8 Å². The maximum Gasteiger partial charge on any atom is 0.107 e. The van der Waals surface area contributed by atoms with Gasteiger partial charge >= 0.3 is 0 Å². The van der Waals surface area contributed by atoms with Gasteiger partial charge in [-0.25, -0.2) is 0 Å². The first kappa shape index (κ1) is 25.0. The molecule has 0 aliphatic carbocycles. The van der Waals surface area contributed by atoms with Crippen LogP contribution in [0.4, 0.5) is 11.4 Å². The van der Waals surface area contributed by atoms with E-state index in [1.54, 1.807) is 11.3 Å². The maximum absolute atomic E-state index is 8.98. The zero-order valence-corrected chi connectivity index (χ0v) is 22.4. The van der Waals surface area contributed by atoms with Crippen LogP contribution in [0.25, 0.3) is 31.6 Å². The lowest BCUT2D eigenvalue weighted by Gasteiger charge is -2.37. The number of pyridine rings is 1. The van der Waals surface area contributed by atoms with Crippen molar-refractivity contribution in [1.29, 1.82) is 0 Å². The minimum absolute atomic E-state index is 0.0537. The third-order valence-corrected chi connectivity index (χ3v) is 8.47. The summed E-state index contributed by atoms with van der Waals surface area (Å²) in [5.74, 6) is 0. The van der Waals surface area contributed by atoms with E-state index in [2.05, 4.69) is 86.6 Å². The van der Waals surface area contributed by atoms with Crippen LogP contribution in [0.15, 0.2) is 73.1 Å².